The Hall–Kier alpha value is -1.22. The van der Waals surface area contributed by atoms with Gasteiger partial charge in [-0.25, -0.2) is 0 Å². The molecule has 1 saturated carbocycles. The zero-order valence-electron chi connectivity index (χ0n) is 12.5. The van der Waals surface area contributed by atoms with Gasteiger partial charge in [-0.3, -0.25) is 4.90 Å². The van der Waals surface area contributed by atoms with Gasteiger partial charge in [0.1, 0.15) is 11.5 Å². The van der Waals surface area contributed by atoms with Crippen molar-refractivity contribution >= 4 is 0 Å². The first-order valence-electron chi connectivity index (χ1n) is 7.83. The molecule has 1 N–H and O–H groups in total. The van der Waals surface area contributed by atoms with Crippen molar-refractivity contribution in [3.05, 3.63) is 23.8 Å². The topological polar surface area (TPSA) is 32.7 Å². The molecule has 110 valence electrons. The van der Waals surface area contributed by atoms with E-state index >= 15 is 0 Å². The van der Waals surface area contributed by atoms with E-state index in [-0.39, 0.29) is 6.04 Å². The minimum Gasteiger partial charge on any atom is -0.507 e. The summed E-state index contributed by atoms with van der Waals surface area (Å²) in [7, 11) is 1.63. The van der Waals surface area contributed by atoms with Crippen molar-refractivity contribution in [2.24, 2.45) is 5.92 Å². The Morgan fingerprint density at radius 2 is 2.05 bits per heavy atom. The van der Waals surface area contributed by atoms with Crippen LogP contribution >= 0.6 is 0 Å². The number of hydrogen-bond donors (Lipinski definition) is 1. The van der Waals surface area contributed by atoms with Crippen LogP contribution < -0.4 is 4.74 Å². The van der Waals surface area contributed by atoms with E-state index in [2.05, 4.69) is 11.8 Å². The first-order valence-corrected chi connectivity index (χ1v) is 7.83. The summed E-state index contributed by atoms with van der Waals surface area (Å²) in [6.07, 6.45) is 6.80. The maximum atomic E-state index is 10.2. The number of likely N-dealkylation sites (tertiary alicyclic amines) is 1. The molecule has 1 aromatic rings. The van der Waals surface area contributed by atoms with Crippen molar-refractivity contribution in [3.8, 4) is 11.5 Å². The van der Waals surface area contributed by atoms with Crippen LogP contribution in [-0.2, 0) is 0 Å². The number of phenolic OH excluding ortho intramolecular Hbond substituents is 1. The largest absolute Gasteiger partial charge is 0.507 e. The van der Waals surface area contributed by atoms with Crippen molar-refractivity contribution in [1.29, 1.82) is 0 Å². The minimum atomic E-state index is 0.286. The van der Waals surface area contributed by atoms with Gasteiger partial charge in [-0.2, -0.15) is 0 Å². The summed E-state index contributed by atoms with van der Waals surface area (Å²) in [5.74, 6) is 1.96. The lowest BCUT2D eigenvalue weighted by Crippen LogP contribution is -2.36. The second kappa shape index (κ2) is 5.65. The first-order chi connectivity index (χ1) is 9.70. The molecule has 0 aromatic heterocycles. The molecule has 0 spiro atoms. The van der Waals surface area contributed by atoms with E-state index < -0.39 is 0 Å². The standard InChI is InChI=1S/C17H25NO2/c1-12(15-8-7-14(20-2)11-17(15)19)18-10-9-13-5-3-4-6-16(13)18/h7-8,11-13,16,19H,3-6,9-10H2,1-2H3. The van der Waals surface area contributed by atoms with Crippen molar-refractivity contribution in [2.75, 3.05) is 13.7 Å². The molecule has 0 radical (unpaired) electrons. The highest BCUT2D eigenvalue weighted by Gasteiger charge is 2.38. The quantitative estimate of drug-likeness (QED) is 0.912. The van der Waals surface area contributed by atoms with Crippen LogP contribution in [-0.4, -0.2) is 29.7 Å². The van der Waals surface area contributed by atoms with Gasteiger partial charge in [-0.05, 0) is 44.7 Å². The third kappa shape index (κ3) is 2.39. The van der Waals surface area contributed by atoms with Crippen LogP contribution in [0, 0.1) is 5.92 Å². The fourth-order valence-electron chi connectivity index (χ4n) is 4.11. The van der Waals surface area contributed by atoms with Gasteiger partial charge in [0, 0.05) is 23.7 Å². The normalized spacial score (nSPS) is 28.1. The molecule has 1 aliphatic heterocycles. The third-order valence-corrected chi connectivity index (χ3v) is 5.24. The Bertz CT molecular complexity index is 474. The monoisotopic (exact) mass is 275 g/mol. The van der Waals surface area contributed by atoms with Gasteiger partial charge in [-0.15, -0.1) is 0 Å². The smallest absolute Gasteiger partial charge is 0.124 e. The van der Waals surface area contributed by atoms with Crippen LogP contribution in [0.3, 0.4) is 0 Å². The van der Waals surface area contributed by atoms with Gasteiger partial charge in [-0.1, -0.05) is 18.9 Å². The number of nitrogens with zero attached hydrogens (tertiary/aromatic N) is 1. The molecule has 1 heterocycles. The summed E-state index contributed by atoms with van der Waals surface area (Å²) in [4.78, 5) is 2.60. The van der Waals surface area contributed by atoms with Crippen molar-refractivity contribution < 1.29 is 9.84 Å². The molecular weight excluding hydrogens is 250 g/mol. The number of aromatic hydroxyl groups is 1. The first kappa shape index (κ1) is 13.7. The Kier molecular flexibility index (Phi) is 3.88. The van der Waals surface area contributed by atoms with E-state index in [9.17, 15) is 5.11 Å². The van der Waals surface area contributed by atoms with Gasteiger partial charge in [0.25, 0.3) is 0 Å². The minimum absolute atomic E-state index is 0.286. The molecule has 20 heavy (non-hydrogen) atoms. The Balaban J connectivity index is 1.80. The summed E-state index contributed by atoms with van der Waals surface area (Å²) < 4.78 is 5.17. The Morgan fingerprint density at radius 3 is 2.80 bits per heavy atom. The molecule has 3 rings (SSSR count). The van der Waals surface area contributed by atoms with Crippen LogP contribution in [0.5, 0.6) is 11.5 Å². The van der Waals surface area contributed by atoms with Crippen molar-refractivity contribution in [1.82, 2.24) is 4.90 Å². The summed E-state index contributed by atoms with van der Waals surface area (Å²) in [5.41, 5.74) is 1.03. The predicted octanol–water partition coefficient (Wildman–Crippen LogP) is 3.73. The molecule has 3 heteroatoms. The van der Waals surface area contributed by atoms with E-state index in [1.165, 1.54) is 38.6 Å². The maximum Gasteiger partial charge on any atom is 0.124 e. The highest BCUT2D eigenvalue weighted by atomic mass is 16.5. The number of hydrogen-bond acceptors (Lipinski definition) is 3. The van der Waals surface area contributed by atoms with Gasteiger partial charge < -0.3 is 9.84 Å². The molecule has 3 nitrogen and oxygen atoms in total. The van der Waals surface area contributed by atoms with Gasteiger partial charge >= 0.3 is 0 Å². The van der Waals surface area contributed by atoms with Crippen LogP contribution in [0.2, 0.25) is 0 Å². The molecule has 1 aliphatic carbocycles. The zero-order valence-corrected chi connectivity index (χ0v) is 12.5. The lowest BCUT2D eigenvalue weighted by molar-refractivity contribution is 0.139. The molecule has 2 aliphatic rings. The van der Waals surface area contributed by atoms with Gasteiger partial charge in [0.05, 0.1) is 7.11 Å². The second-order valence-corrected chi connectivity index (χ2v) is 6.24. The lowest BCUT2D eigenvalue weighted by Gasteiger charge is -2.36. The predicted molar refractivity (Wildman–Crippen MR) is 80.1 cm³/mol. The van der Waals surface area contributed by atoms with Crippen LogP contribution in [0.15, 0.2) is 18.2 Å². The highest BCUT2D eigenvalue weighted by Crippen LogP contribution is 2.42. The van der Waals surface area contributed by atoms with Gasteiger partial charge in [0.2, 0.25) is 0 Å². The lowest BCUT2D eigenvalue weighted by atomic mass is 9.85. The number of benzene rings is 1. The summed E-state index contributed by atoms with van der Waals surface area (Å²) in [6.45, 7) is 3.39. The SMILES string of the molecule is COc1ccc(C(C)N2CCC3CCCCC32)c(O)c1. The molecule has 2 fully saturated rings. The van der Waals surface area contributed by atoms with E-state index in [0.717, 1.165) is 23.3 Å². The number of methoxy groups -OCH3 is 1. The van der Waals surface area contributed by atoms with Crippen LogP contribution in [0.4, 0.5) is 0 Å². The molecule has 3 unspecified atom stereocenters. The molecule has 0 amide bonds. The van der Waals surface area contributed by atoms with Crippen molar-refractivity contribution in [2.45, 2.75) is 51.1 Å². The Morgan fingerprint density at radius 1 is 1.25 bits per heavy atom. The van der Waals surface area contributed by atoms with E-state index in [0.29, 0.717) is 5.75 Å². The molecule has 3 atom stereocenters. The molecular formula is C17H25NO2. The van der Waals surface area contributed by atoms with E-state index in [4.69, 9.17) is 4.74 Å². The molecule has 1 aromatic carbocycles. The highest BCUT2D eigenvalue weighted by molar-refractivity contribution is 5.41. The average Bonchev–Trinajstić information content (AvgIpc) is 2.90. The maximum absolute atomic E-state index is 10.2. The van der Waals surface area contributed by atoms with Crippen LogP contribution in [0.25, 0.3) is 0 Å². The number of ether oxygens (including phenoxy) is 1. The van der Waals surface area contributed by atoms with E-state index in [1.54, 1.807) is 13.2 Å². The van der Waals surface area contributed by atoms with Crippen molar-refractivity contribution in [3.63, 3.8) is 0 Å². The summed E-state index contributed by atoms with van der Waals surface area (Å²) >= 11 is 0. The Labute approximate surface area is 121 Å². The van der Waals surface area contributed by atoms with Crippen LogP contribution in [0.1, 0.15) is 50.6 Å². The fraction of sp³-hybridized carbons (Fsp3) is 0.647. The number of rotatable bonds is 3. The molecule has 0 bridgehead atoms. The zero-order chi connectivity index (χ0) is 14.1. The third-order valence-electron chi connectivity index (χ3n) is 5.24. The fourth-order valence-corrected chi connectivity index (χ4v) is 4.11. The number of fused-ring (bicyclic) bond motifs is 1. The van der Waals surface area contributed by atoms with Gasteiger partial charge in [0.15, 0.2) is 0 Å². The van der Waals surface area contributed by atoms with E-state index in [1.807, 2.05) is 12.1 Å². The average molecular weight is 275 g/mol. The second-order valence-electron chi connectivity index (χ2n) is 6.24. The number of phenols is 1. The summed E-state index contributed by atoms with van der Waals surface area (Å²) in [5, 5.41) is 10.2. The summed E-state index contributed by atoms with van der Waals surface area (Å²) in [6, 6.07) is 6.68. The molecule has 1 saturated heterocycles.